The first-order chi connectivity index (χ1) is 20.0. The molecule has 0 bridgehead atoms. The molecule has 0 amide bonds. The Morgan fingerprint density at radius 3 is 2.22 bits per heavy atom. The number of hydrogen-bond acceptors (Lipinski definition) is 9. The summed E-state index contributed by atoms with van der Waals surface area (Å²) in [7, 11) is 0. The van der Waals surface area contributed by atoms with Crippen LogP contribution in [0.5, 0.6) is 5.75 Å². The molecule has 41 heavy (non-hydrogen) atoms. The number of non-ortho nitro benzene ring substituents is 1. The summed E-state index contributed by atoms with van der Waals surface area (Å²) in [6.45, 7) is 0. The monoisotopic (exact) mass is 546 g/mol. The molecule has 1 heterocycles. The van der Waals surface area contributed by atoms with Crippen molar-refractivity contribution in [1.29, 1.82) is 0 Å². The Morgan fingerprint density at radius 1 is 0.854 bits per heavy atom. The number of nitro groups is 1. The molecule has 0 fully saturated rings. The van der Waals surface area contributed by atoms with Crippen LogP contribution in [0.2, 0.25) is 0 Å². The minimum absolute atomic E-state index is 0.114. The number of H-pyrrole nitrogens is 2. The van der Waals surface area contributed by atoms with E-state index >= 15 is 0 Å². The van der Waals surface area contributed by atoms with Gasteiger partial charge < -0.3 is 4.74 Å². The van der Waals surface area contributed by atoms with Crippen molar-refractivity contribution < 1.29 is 14.5 Å². The number of rotatable bonds is 8. The third-order valence-corrected chi connectivity index (χ3v) is 5.44. The van der Waals surface area contributed by atoms with Gasteiger partial charge in [0.25, 0.3) is 5.69 Å². The van der Waals surface area contributed by atoms with Crippen LogP contribution in [-0.4, -0.2) is 32.1 Å². The first-order valence-corrected chi connectivity index (χ1v) is 12.3. The van der Waals surface area contributed by atoms with E-state index in [0.29, 0.717) is 22.5 Å². The van der Waals surface area contributed by atoms with Gasteiger partial charge in [-0.25, -0.2) is 20.2 Å². The zero-order valence-electron chi connectivity index (χ0n) is 21.3. The van der Waals surface area contributed by atoms with Crippen LogP contribution in [0.1, 0.15) is 15.9 Å². The van der Waals surface area contributed by atoms with Gasteiger partial charge in [-0.05, 0) is 54.1 Å². The molecule has 1 aromatic heterocycles. The van der Waals surface area contributed by atoms with Gasteiger partial charge in [0.15, 0.2) is 0 Å². The molecule has 0 saturated heterocycles. The van der Waals surface area contributed by atoms with E-state index in [-0.39, 0.29) is 22.9 Å². The number of aromatic nitrogens is 3. The summed E-state index contributed by atoms with van der Waals surface area (Å²) in [5, 5.41) is 15.1. The summed E-state index contributed by atoms with van der Waals surface area (Å²) >= 11 is 0. The maximum atomic E-state index is 12.5. The molecule has 0 unspecified atom stereocenters. The number of hydrazone groups is 1. The molecule has 0 aliphatic carbocycles. The molecule has 4 aromatic carbocycles. The molecule has 5 rings (SSSR count). The van der Waals surface area contributed by atoms with Gasteiger partial charge in [0.05, 0.1) is 28.1 Å². The van der Waals surface area contributed by atoms with Crippen molar-refractivity contribution in [2.45, 2.75) is 0 Å². The van der Waals surface area contributed by atoms with Crippen molar-refractivity contribution in [3.05, 3.63) is 142 Å². The predicted molar refractivity (Wildman–Crippen MR) is 152 cm³/mol. The number of nitrogens with one attached hydrogen (secondary N) is 3. The minimum Gasteiger partial charge on any atom is -0.423 e. The second kappa shape index (κ2) is 12.6. The van der Waals surface area contributed by atoms with Crippen molar-refractivity contribution >= 4 is 35.2 Å². The molecular weight excluding hydrogens is 524 g/mol. The average Bonchev–Trinajstić information content (AvgIpc) is 2.98. The van der Waals surface area contributed by atoms with Gasteiger partial charge in [-0.2, -0.15) is 10.1 Å². The summed E-state index contributed by atoms with van der Waals surface area (Å²) in [6, 6.07) is 30.7. The molecule has 12 heteroatoms. The van der Waals surface area contributed by atoms with E-state index in [1.165, 1.54) is 30.5 Å². The highest BCUT2D eigenvalue weighted by molar-refractivity contribution is 5.91. The number of anilines is 1. The highest BCUT2D eigenvalue weighted by Crippen LogP contribution is 2.17. The third kappa shape index (κ3) is 7.45. The van der Waals surface area contributed by atoms with Crippen LogP contribution < -0.4 is 21.4 Å². The van der Waals surface area contributed by atoms with Crippen LogP contribution in [0, 0.1) is 10.1 Å². The summed E-state index contributed by atoms with van der Waals surface area (Å²) in [5.41, 5.74) is 5.70. The molecule has 0 saturated carbocycles. The average molecular weight is 547 g/mol. The summed E-state index contributed by atoms with van der Waals surface area (Å²) in [4.78, 5) is 42.4. The van der Waals surface area contributed by atoms with Gasteiger partial charge in [0.2, 0.25) is 17.2 Å². The fourth-order valence-corrected chi connectivity index (χ4v) is 3.54. The van der Waals surface area contributed by atoms with Gasteiger partial charge in [0, 0.05) is 12.1 Å². The number of carbonyl (C=O) groups is 1. The Labute approximate surface area is 232 Å². The normalized spacial score (nSPS) is 11.9. The Kier molecular flexibility index (Phi) is 8.11. The lowest BCUT2D eigenvalue weighted by molar-refractivity contribution is -0.384. The van der Waals surface area contributed by atoms with E-state index in [4.69, 9.17) is 4.74 Å². The van der Waals surface area contributed by atoms with Crippen LogP contribution in [0.4, 0.5) is 23.0 Å². The van der Waals surface area contributed by atoms with E-state index in [1.54, 1.807) is 24.3 Å². The number of nitrogens with zero attached hydrogens (tertiary/aromatic N) is 5. The smallest absolute Gasteiger partial charge is 0.343 e. The number of benzene rings is 4. The quantitative estimate of drug-likeness (QED) is 0.0834. The third-order valence-electron chi connectivity index (χ3n) is 5.44. The zero-order chi connectivity index (χ0) is 28.4. The molecule has 0 atom stereocenters. The highest BCUT2D eigenvalue weighted by Gasteiger charge is 2.11. The summed E-state index contributed by atoms with van der Waals surface area (Å²) in [5.74, 6) is -0.0786. The molecule has 3 N–H and O–H groups in total. The Morgan fingerprint density at radius 2 is 1.54 bits per heavy atom. The Balaban J connectivity index is 1.34. The summed E-state index contributed by atoms with van der Waals surface area (Å²) in [6.07, 6.45) is 1.53. The van der Waals surface area contributed by atoms with E-state index in [1.807, 2.05) is 60.7 Å². The highest BCUT2D eigenvalue weighted by atomic mass is 16.6. The molecular formula is C29H22N8O4. The second-order valence-corrected chi connectivity index (χ2v) is 8.41. The standard InChI is InChI=1S/C29H22N8O4/c38-26(21-14-16-24(17-15-21)37(39)40)41-25-13-7-8-20(18-25)19-30-36-29-34-27(31-22-9-3-1-4-10-22)33-28(35-29)32-23-11-5-2-6-12-23/h1-19H,(H3,31,32,33,34,35,36)/b30-19-. The lowest BCUT2D eigenvalue weighted by Crippen LogP contribution is -2.28. The number of nitro benzene ring substituents is 1. The van der Waals surface area contributed by atoms with Gasteiger partial charge in [0.1, 0.15) is 5.75 Å². The van der Waals surface area contributed by atoms with Crippen LogP contribution in [0.3, 0.4) is 0 Å². The SMILES string of the molecule is O=C(Oc1cccc(/C=N\Nc2nc(=Nc3ccccc3)[nH]c(=Nc3ccccc3)[nH]2)c1)c1ccc([N+](=O)[O-])cc1. The molecule has 12 nitrogen and oxygen atoms in total. The lowest BCUT2D eigenvalue weighted by atomic mass is 10.2. The maximum absolute atomic E-state index is 12.5. The minimum atomic E-state index is -0.643. The molecule has 0 aliphatic heterocycles. The Bertz CT molecular complexity index is 1760. The van der Waals surface area contributed by atoms with Crippen LogP contribution in [-0.2, 0) is 0 Å². The number of esters is 1. The molecule has 0 radical (unpaired) electrons. The second-order valence-electron chi connectivity index (χ2n) is 8.41. The van der Waals surface area contributed by atoms with Gasteiger partial charge in [-0.1, -0.05) is 48.5 Å². The largest absolute Gasteiger partial charge is 0.423 e. The van der Waals surface area contributed by atoms with Crippen LogP contribution in [0.25, 0.3) is 0 Å². The number of ether oxygens (including phenoxy) is 1. The first-order valence-electron chi connectivity index (χ1n) is 12.3. The van der Waals surface area contributed by atoms with Crippen molar-refractivity contribution in [3.63, 3.8) is 0 Å². The van der Waals surface area contributed by atoms with E-state index in [9.17, 15) is 14.9 Å². The number of hydrogen-bond donors (Lipinski definition) is 3. The molecule has 0 spiro atoms. The van der Waals surface area contributed by atoms with E-state index in [2.05, 4.69) is 35.5 Å². The fourth-order valence-electron chi connectivity index (χ4n) is 3.54. The van der Waals surface area contributed by atoms with Crippen molar-refractivity contribution in [2.24, 2.45) is 15.1 Å². The van der Waals surface area contributed by atoms with Crippen molar-refractivity contribution in [3.8, 4) is 5.75 Å². The number of aromatic amines is 2. The topological polar surface area (TPSA) is 163 Å². The first kappa shape index (κ1) is 26.4. The molecule has 202 valence electrons. The van der Waals surface area contributed by atoms with Crippen LogP contribution >= 0.6 is 0 Å². The zero-order valence-corrected chi connectivity index (χ0v) is 21.3. The number of para-hydroxylation sites is 2. The van der Waals surface area contributed by atoms with Crippen molar-refractivity contribution in [2.75, 3.05) is 5.43 Å². The van der Waals surface area contributed by atoms with Gasteiger partial charge in [-0.15, -0.1) is 0 Å². The van der Waals surface area contributed by atoms with Crippen molar-refractivity contribution in [1.82, 2.24) is 15.0 Å². The summed E-state index contributed by atoms with van der Waals surface area (Å²) < 4.78 is 5.41. The Hall–Kier alpha value is -6.17. The predicted octanol–water partition coefficient (Wildman–Crippen LogP) is 4.78. The fraction of sp³-hybridized carbons (Fsp3) is 0. The van der Waals surface area contributed by atoms with E-state index < -0.39 is 10.9 Å². The van der Waals surface area contributed by atoms with E-state index in [0.717, 1.165) is 5.69 Å². The number of carbonyl (C=O) groups excluding carboxylic acids is 1. The van der Waals surface area contributed by atoms with Crippen LogP contribution in [0.15, 0.2) is 124 Å². The molecule has 0 aliphatic rings. The maximum Gasteiger partial charge on any atom is 0.343 e. The molecule has 5 aromatic rings. The lowest BCUT2D eigenvalue weighted by Gasteiger charge is -2.05. The van der Waals surface area contributed by atoms with Gasteiger partial charge in [-0.3, -0.25) is 20.1 Å². The van der Waals surface area contributed by atoms with Gasteiger partial charge >= 0.3 is 5.97 Å².